The van der Waals surface area contributed by atoms with Gasteiger partial charge in [-0.15, -0.1) is 0 Å². The predicted octanol–water partition coefficient (Wildman–Crippen LogP) is 2.81. The van der Waals surface area contributed by atoms with Gasteiger partial charge in [0.15, 0.2) is 0 Å². The minimum Gasteiger partial charge on any atom is -0.377 e. The van der Waals surface area contributed by atoms with Crippen LogP contribution in [-0.2, 0) is 9.53 Å². The first-order chi connectivity index (χ1) is 10.9. The Bertz CT molecular complexity index is 364. The van der Waals surface area contributed by atoms with E-state index < -0.39 is 0 Å². The Morgan fingerprint density at radius 1 is 0.957 bits per heavy atom. The molecule has 0 bridgehead atoms. The van der Waals surface area contributed by atoms with E-state index in [1.165, 1.54) is 38.8 Å². The smallest absolute Gasteiger partial charge is 0.149 e. The molecule has 0 aromatic heterocycles. The van der Waals surface area contributed by atoms with Gasteiger partial charge < -0.3 is 9.64 Å². The second-order valence-corrected chi connectivity index (χ2v) is 8.16. The fourth-order valence-corrected chi connectivity index (χ4v) is 3.76. The summed E-state index contributed by atoms with van der Waals surface area (Å²) in [6, 6.07) is 0. The quantitative estimate of drug-likeness (QED) is 0.721. The first-order valence-corrected chi connectivity index (χ1v) is 9.49. The fraction of sp³-hybridized carbons (Fsp3) is 0.947. The first kappa shape index (κ1) is 18.9. The monoisotopic (exact) mass is 324 g/mol. The Labute approximate surface area is 142 Å². The van der Waals surface area contributed by atoms with Crippen molar-refractivity contribution in [3.8, 4) is 0 Å². The largest absolute Gasteiger partial charge is 0.377 e. The third-order valence-electron chi connectivity index (χ3n) is 5.72. The highest BCUT2D eigenvalue weighted by Gasteiger charge is 2.37. The molecule has 4 nitrogen and oxygen atoms in total. The molecule has 2 heterocycles. The van der Waals surface area contributed by atoms with Crippen LogP contribution in [0, 0.1) is 11.3 Å². The van der Waals surface area contributed by atoms with Gasteiger partial charge in [-0.3, -0.25) is 9.69 Å². The van der Waals surface area contributed by atoms with E-state index >= 15 is 0 Å². The lowest BCUT2D eigenvalue weighted by Gasteiger charge is -2.47. The molecular formula is C19H36N2O2. The molecule has 2 rings (SSSR count). The van der Waals surface area contributed by atoms with E-state index in [1.54, 1.807) is 0 Å². The molecule has 1 spiro atoms. The summed E-state index contributed by atoms with van der Waals surface area (Å²) in [5.74, 6) is 0.558. The Balaban J connectivity index is 1.68. The molecule has 0 radical (unpaired) electrons. The van der Waals surface area contributed by atoms with Gasteiger partial charge in [0.05, 0.1) is 19.3 Å². The number of ether oxygens (including phenoxy) is 1. The summed E-state index contributed by atoms with van der Waals surface area (Å²) >= 11 is 0. The number of ketones is 1. The van der Waals surface area contributed by atoms with Gasteiger partial charge in [-0.1, -0.05) is 13.8 Å². The van der Waals surface area contributed by atoms with E-state index in [2.05, 4.69) is 23.6 Å². The highest BCUT2D eigenvalue weighted by atomic mass is 16.5. The topological polar surface area (TPSA) is 32.8 Å². The van der Waals surface area contributed by atoms with Gasteiger partial charge in [-0.2, -0.15) is 0 Å². The van der Waals surface area contributed by atoms with E-state index in [1.807, 2.05) is 13.8 Å². The summed E-state index contributed by atoms with van der Waals surface area (Å²) in [7, 11) is 0. The molecule has 0 atom stereocenters. The number of hydrogen-bond donors (Lipinski definition) is 0. The molecule has 134 valence electrons. The van der Waals surface area contributed by atoms with Crippen molar-refractivity contribution in [2.75, 3.05) is 45.9 Å². The van der Waals surface area contributed by atoms with E-state index in [4.69, 9.17) is 4.74 Å². The zero-order chi connectivity index (χ0) is 16.9. The first-order valence-electron chi connectivity index (χ1n) is 9.49. The molecule has 4 heteroatoms. The zero-order valence-electron chi connectivity index (χ0n) is 15.6. The van der Waals surface area contributed by atoms with Crippen LogP contribution in [0.15, 0.2) is 0 Å². The van der Waals surface area contributed by atoms with Gasteiger partial charge >= 0.3 is 0 Å². The molecule has 0 aliphatic carbocycles. The van der Waals surface area contributed by atoms with E-state index in [0.29, 0.717) is 23.8 Å². The maximum absolute atomic E-state index is 11.9. The van der Waals surface area contributed by atoms with Crippen LogP contribution in [0.4, 0.5) is 0 Å². The Kier molecular flexibility index (Phi) is 7.05. The number of carbonyl (C=O) groups is 1. The van der Waals surface area contributed by atoms with Crippen LogP contribution < -0.4 is 0 Å². The average Bonchev–Trinajstić information content (AvgIpc) is 2.51. The number of carbonyl (C=O) groups excluding carboxylic acids is 1. The number of Topliss-reactive ketones (excluding diaryl/α,β-unsaturated/α-hetero) is 1. The summed E-state index contributed by atoms with van der Waals surface area (Å²) < 4.78 is 5.67. The fourth-order valence-electron chi connectivity index (χ4n) is 3.76. The van der Waals surface area contributed by atoms with Crippen molar-refractivity contribution in [1.29, 1.82) is 0 Å². The van der Waals surface area contributed by atoms with Crippen LogP contribution in [0.3, 0.4) is 0 Å². The van der Waals surface area contributed by atoms with Crippen LogP contribution >= 0.6 is 0 Å². The molecule has 2 fully saturated rings. The van der Waals surface area contributed by atoms with Crippen molar-refractivity contribution in [1.82, 2.24) is 9.80 Å². The van der Waals surface area contributed by atoms with Crippen LogP contribution in [0.1, 0.15) is 53.4 Å². The molecule has 2 saturated heterocycles. The second kappa shape index (κ2) is 8.59. The minimum atomic E-state index is 0.169. The summed E-state index contributed by atoms with van der Waals surface area (Å²) in [6.45, 7) is 15.4. The predicted molar refractivity (Wildman–Crippen MR) is 94.7 cm³/mol. The SMILES string of the molecule is CC(C)OCCN1CCC2(CC1)CCN(CC(=O)C(C)C)CC2. The Morgan fingerprint density at radius 3 is 1.96 bits per heavy atom. The minimum absolute atomic E-state index is 0.169. The van der Waals surface area contributed by atoms with Gasteiger partial charge in [0.2, 0.25) is 0 Å². The lowest BCUT2D eigenvalue weighted by atomic mass is 9.71. The second-order valence-electron chi connectivity index (χ2n) is 8.16. The van der Waals surface area contributed by atoms with Gasteiger partial charge in [0.1, 0.15) is 5.78 Å². The molecule has 0 aromatic rings. The van der Waals surface area contributed by atoms with Gasteiger partial charge in [-0.05, 0) is 71.1 Å². The lowest BCUT2D eigenvalue weighted by Crippen LogP contribution is -2.48. The summed E-state index contributed by atoms with van der Waals surface area (Å²) in [5, 5.41) is 0. The molecule has 0 unspecified atom stereocenters. The van der Waals surface area contributed by atoms with Crippen LogP contribution in [0.5, 0.6) is 0 Å². The van der Waals surface area contributed by atoms with Crippen molar-refractivity contribution in [2.24, 2.45) is 11.3 Å². The highest BCUT2D eigenvalue weighted by molar-refractivity contribution is 5.82. The maximum atomic E-state index is 11.9. The van der Waals surface area contributed by atoms with E-state index in [9.17, 15) is 4.79 Å². The van der Waals surface area contributed by atoms with Crippen molar-refractivity contribution in [2.45, 2.75) is 59.5 Å². The molecule has 0 N–H and O–H groups in total. The highest BCUT2D eigenvalue weighted by Crippen LogP contribution is 2.41. The number of nitrogens with zero attached hydrogens (tertiary/aromatic N) is 2. The molecular weight excluding hydrogens is 288 g/mol. The lowest BCUT2D eigenvalue weighted by molar-refractivity contribution is -0.123. The maximum Gasteiger partial charge on any atom is 0.149 e. The van der Waals surface area contributed by atoms with Gasteiger partial charge in [0.25, 0.3) is 0 Å². The summed E-state index contributed by atoms with van der Waals surface area (Å²) in [5.41, 5.74) is 0.548. The molecule has 2 aliphatic rings. The molecule has 23 heavy (non-hydrogen) atoms. The van der Waals surface area contributed by atoms with Crippen molar-refractivity contribution < 1.29 is 9.53 Å². The van der Waals surface area contributed by atoms with Crippen molar-refractivity contribution >= 4 is 5.78 Å². The van der Waals surface area contributed by atoms with Crippen molar-refractivity contribution in [3.05, 3.63) is 0 Å². The number of likely N-dealkylation sites (tertiary alicyclic amines) is 2. The number of rotatable bonds is 7. The number of hydrogen-bond acceptors (Lipinski definition) is 4. The van der Waals surface area contributed by atoms with Gasteiger partial charge in [0, 0.05) is 12.5 Å². The third-order valence-corrected chi connectivity index (χ3v) is 5.72. The normalized spacial score (nSPS) is 23.0. The van der Waals surface area contributed by atoms with Crippen LogP contribution in [0.25, 0.3) is 0 Å². The van der Waals surface area contributed by atoms with Gasteiger partial charge in [-0.25, -0.2) is 0 Å². The summed E-state index contributed by atoms with van der Waals surface area (Å²) in [4.78, 5) is 16.8. The third kappa shape index (κ3) is 5.84. The Hall–Kier alpha value is -0.450. The summed E-state index contributed by atoms with van der Waals surface area (Å²) in [6.07, 6.45) is 5.52. The van der Waals surface area contributed by atoms with E-state index in [-0.39, 0.29) is 5.92 Å². The molecule has 0 saturated carbocycles. The standard InChI is InChI=1S/C19H36N2O2/c1-16(2)18(22)15-21-11-7-19(8-12-21)5-9-20(10-6-19)13-14-23-17(3)4/h16-17H,5-15H2,1-4H3. The molecule has 0 amide bonds. The molecule has 0 aromatic carbocycles. The number of piperidine rings is 2. The average molecular weight is 325 g/mol. The Morgan fingerprint density at radius 2 is 1.48 bits per heavy atom. The van der Waals surface area contributed by atoms with Crippen LogP contribution in [-0.4, -0.2) is 67.6 Å². The van der Waals surface area contributed by atoms with Crippen LogP contribution in [0.2, 0.25) is 0 Å². The zero-order valence-corrected chi connectivity index (χ0v) is 15.6. The van der Waals surface area contributed by atoms with E-state index in [0.717, 1.165) is 26.2 Å². The van der Waals surface area contributed by atoms with Crippen molar-refractivity contribution in [3.63, 3.8) is 0 Å². The molecule has 2 aliphatic heterocycles.